The zero-order valence-electron chi connectivity index (χ0n) is 14.8. The predicted molar refractivity (Wildman–Crippen MR) is 93.5 cm³/mol. The lowest BCUT2D eigenvalue weighted by molar-refractivity contribution is 0.282. The summed E-state index contributed by atoms with van der Waals surface area (Å²) in [5.74, 6) is -6.96. The van der Waals surface area contributed by atoms with Gasteiger partial charge in [0.25, 0.3) is 11.9 Å². The predicted octanol–water partition coefficient (Wildman–Crippen LogP) is 5.04. The number of aliphatic hydroxyl groups excluding tert-OH is 1. The third-order valence-electron chi connectivity index (χ3n) is 3.93. The zero-order chi connectivity index (χ0) is 19.8. The third kappa shape index (κ3) is 5.72. The smallest absolute Gasteiger partial charge is 0.254 e. The standard InChI is InChI=1S/C18H20F4N4O/c1-26(10-4-2-3-5-11-27)13-8-6-12(7-9-13)24-25-16-14(19)17(21)23-18(22)15(16)20/h6-9,27H,2-5,10-11H2,1H3. The topological polar surface area (TPSA) is 61.1 Å². The number of unbranched alkanes of at least 4 members (excludes halogenated alkanes) is 3. The first-order chi connectivity index (χ1) is 12.9. The Bertz CT molecular complexity index is 758. The number of rotatable bonds is 9. The van der Waals surface area contributed by atoms with E-state index in [1.54, 1.807) is 24.3 Å². The van der Waals surface area contributed by atoms with Gasteiger partial charge in [-0.1, -0.05) is 12.8 Å². The van der Waals surface area contributed by atoms with Crippen molar-refractivity contribution in [3.8, 4) is 0 Å². The molecule has 146 valence electrons. The van der Waals surface area contributed by atoms with Crippen LogP contribution in [0.5, 0.6) is 0 Å². The number of nitrogens with zero attached hydrogens (tertiary/aromatic N) is 4. The van der Waals surface area contributed by atoms with Crippen molar-refractivity contribution in [3.05, 3.63) is 47.8 Å². The van der Waals surface area contributed by atoms with E-state index in [1.165, 1.54) is 0 Å². The average Bonchev–Trinajstić information content (AvgIpc) is 2.66. The molecule has 1 heterocycles. The highest BCUT2D eigenvalue weighted by molar-refractivity contribution is 5.52. The lowest BCUT2D eigenvalue weighted by Gasteiger charge is -2.19. The zero-order valence-corrected chi connectivity index (χ0v) is 14.8. The number of hydrogen-bond donors (Lipinski definition) is 1. The summed E-state index contributed by atoms with van der Waals surface area (Å²) in [6.45, 7) is 1.04. The van der Waals surface area contributed by atoms with E-state index >= 15 is 0 Å². The van der Waals surface area contributed by atoms with Crippen LogP contribution in [0, 0.1) is 23.5 Å². The monoisotopic (exact) mass is 384 g/mol. The molecule has 27 heavy (non-hydrogen) atoms. The van der Waals surface area contributed by atoms with Gasteiger partial charge in [0.05, 0.1) is 5.69 Å². The van der Waals surface area contributed by atoms with Crippen LogP contribution in [0.1, 0.15) is 25.7 Å². The number of anilines is 1. The number of azo groups is 1. The maximum atomic E-state index is 13.5. The summed E-state index contributed by atoms with van der Waals surface area (Å²) in [7, 11) is 1.93. The molecule has 0 fully saturated rings. The van der Waals surface area contributed by atoms with Gasteiger partial charge in [0.15, 0.2) is 5.69 Å². The number of pyridine rings is 1. The molecule has 9 heteroatoms. The fourth-order valence-electron chi connectivity index (χ4n) is 2.39. The average molecular weight is 384 g/mol. The second kappa shape index (κ2) is 9.96. The Morgan fingerprint density at radius 3 is 2.07 bits per heavy atom. The highest BCUT2D eigenvalue weighted by atomic mass is 19.2. The molecule has 0 radical (unpaired) electrons. The first-order valence-corrected chi connectivity index (χ1v) is 8.47. The van der Waals surface area contributed by atoms with Crippen molar-refractivity contribution in [1.29, 1.82) is 0 Å². The second-order valence-corrected chi connectivity index (χ2v) is 5.95. The molecule has 1 N–H and O–H groups in total. The van der Waals surface area contributed by atoms with Crippen molar-refractivity contribution in [2.75, 3.05) is 25.1 Å². The van der Waals surface area contributed by atoms with Gasteiger partial charge in [0, 0.05) is 25.9 Å². The van der Waals surface area contributed by atoms with E-state index in [0.29, 0.717) is 0 Å². The van der Waals surface area contributed by atoms with Crippen LogP contribution in [0.15, 0.2) is 34.5 Å². The highest BCUT2D eigenvalue weighted by Crippen LogP contribution is 2.27. The van der Waals surface area contributed by atoms with Gasteiger partial charge in [0.1, 0.15) is 0 Å². The maximum absolute atomic E-state index is 13.5. The van der Waals surface area contributed by atoms with Crippen LogP contribution in [0.25, 0.3) is 0 Å². The minimum Gasteiger partial charge on any atom is -0.396 e. The second-order valence-electron chi connectivity index (χ2n) is 5.95. The molecule has 0 aliphatic heterocycles. The highest BCUT2D eigenvalue weighted by Gasteiger charge is 2.20. The molecule has 0 aliphatic carbocycles. The van der Waals surface area contributed by atoms with Crippen LogP contribution in [-0.2, 0) is 0 Å². The van der Waals surface area contributed by atoms with Crippen molar-refractivity contribution in [1.82, 2.24) is 4.98 Å². The summed E-state index contributed by atoms with van der Waals surface area (Å²) in [5.41, 5.74) is 0.0186. The molecule has 0 atom stereocenters. The Morgan fingerprint density at radius 1 is 0.889 bits per heavy atom. The molecule has 0 saturated carbocycles. The van der Waals surface area contributed by atoms with Crippen LogP contribution in [-0.4, -0.2) is 30.3 Å². The molecule has 1 aromatic carbocycles. The van der Waals surface area contributed by atoms with Crippen LogP contribution in [0.2, 0.25) is 0 Å². The third-order valence-corrected chi connectivity index (χ3v) is 3.93. The van der Waals surface area contributed by atoms with E-state index in [0.717, 1.165) is 37.9 Å². The molecule has 2 rings (SSSR count). The Morgan fingerprint density at radius 2 is 1.48 bits per heavy atom. The Labute approximate surface area is 154 Å². The van der Waals surface area contributed by atoms with Gasteiger partial charge in [-0.05, 0) is 37.1 Å². The summed E-state index contributed by atoms with van der Waals surface area (Å²) in [6.07, 6.45) is 3.78. The number of hydrogen-bond acceptors (Lipinski definition) is 5. The number of halogens is 4. The first kappa shape index (κ1) is 20.8. The lowest BCUT2D eigenvalue weighted by atomic mass is 10.2. The molecular formula is C18H20F4N4O. The molecule has 1 aromatic heterocycles. The number of aliphatic hydroxyl groups is 1. The van der Waals surface area contributed by atoms with E-state index in [-0.39, 0.29) is 12.3 Å². The lowest BCUT2D eigenvalue weighted by Crippen LogP contribution is -2.18. The summed E-state index contributed by atoms with van der Waals surface area (Å²) in [6, 6.07) is 6.65. The Balaban J connectivity index is 2.01. The molecule has 2 aromatic rings. The van der Waals surface area contributed by atoms with Gasteiger partial charge < -0.3 is 10.0 Å². The maximum Gasteiger partial charge on any atom is 0.254 e. The van der Waals surface area contributed by atoms with Gasteiger partial charge in [-0.25, -0.2) is 0 Å². The number of benzene rings is 1. The van der Waals surface area contributed by atoms with Crippen molar-refractivity contribution < 1.29 is 22.7 Å². The summed E-state index contributed by atoms with van der Waals surface area (Å²) in [5, 5.41) is 15.6. The summed E-state index contributed by atoms with van der Waals surface area (Å²) < 4.78 is 53.1. The van der Waals surface area contributed by atoms with Crippen molar-refractivity contribution in [3.63, 3.8) is 0 Å². The molecule has 0 amide bonds. The summed E-state index contributed by atoms with van der Waals surface area (Å²) >= 11 is 0. The van der Waals surface area contributed by atoms with Crippen molar-refractivity contribution in [2.24, 2.45) is 10.2 Å². The van der Waals surface area contributed by atoms with Gasteiger partial charge >= 0.3 is 0 Å². The quantitative estimate of drug-likeness (QED) is 0.285. The normalized spacial score (nSPS) is 11.3. The van der Waals surface area contributed by atoms with Gasteiger partial charge in [-0.15, -0.1) is 5.11 Å². The van der Waals surface area contributed by atoms with Gasteiger partial charge in [-0.2, -0.15) is 27.7 Å². The molecule has 0 unspecified atom stereocenters. The largest absolute Gasteiger partial charge is 0.396 e. The summed E-state index contributed by atoms with van der Waals surface area (Å²) in [4.78, 5) is 4.49. The molecule has 5 nitrogen and oxygen atoms in total. The van der Waals surface area contributed by atoms with E-state index in [2.05, 4.69) is 15.2 Å². The molecule has 0 aliphatic rings. The molecule has 0 bridgehead atoms. The first-order valence-electron chi connectivity index (χ1n) is 8.47. The van der Waals surface area contributed by atoms with E-state index in [1.807, 2.05) is 11.9 Å². The van der Waals surface area contributed by atoms with E-state index in [4.69, 9.17) is 5.11 Å². The number of aromatic nitrogens is 1. The minimum atomic E-state index is -1.78. The van der Waals surface area contributed by atoms with Crippen molar-refractivity contribution in [2.45, 2.75) is 25.7 Å². The van der Waals surface area contributed by atoms with E-state index < -0.39 is 29.2 Å². The van der Waals surface area contributed by atoms with Crippen LogP contribution in [0.3, 0.4) is 0 Å². The fraction of sp³-hybridized carbons (Fsp3) is 0.389. The van der Waals surface area contributed by atoms with Gasteiger partial charge in [0.2, 0.25) is 11.6 Å². The van der Waals surface area contributed by atoms with Crippen molar-refractivity contribution >= 4 is 17.1 Å². The Kier molecular flexibility index (Phi) is 7.66. The van der Waals surface area contributed by atoms with Crippen LogP contribution < -0.4 is 4.90 Å². The van der Waals surface area contributed by atoms with Crippen LogP contribution in [0.4, 0.5) is 34.6 Å². The SMILES string of the molecule is CN(CCCCCCO)c1ccc(N=Nc2c(F)c(F)nc(F)c2F)cc1. The molecular weight excluding hydrogens is 364 g/mol. The van der Waals surface area contributed by atoms with E-state index in [9.17, 15) is 17.6 Å². The fourth-order valence-corrected chi connectivity index (χ4v) is 2.39. The van der Waals surface area contributed by atoms with Gasteiger partial charge in [-0.3, -0.25) is 0 Å². The molecule has 0 saturated heterocycles. The Hall–Kier alpha value is -2.55. The minimum absolute atomic E-state index is 0.207. The molecule has 0 spiro atoms. The van der Waals surface area contributed by atoms with Crippen LogP contribution >= 0.6 is 0 Å².